The molecule has 0 spiro atoms. The zero-order valence-corrected chi connectivity index (χ0v) is 6.30. The normalized spacial score (nSPS) is 8.30. The Morgan fingerprint density at radius 1 is 1.30 bits per heavy atom. The van der Waals surface area contributed by atoms with Crippen LogP contribution in [-0.4, -0.2) is 20.1 Å². The number of carbonyl (C=O) groups excluding carboxylic acids is 1. The molecule has 0 aliphatic heterocycles. The number of ether oxygens (including phenoxy) is 2. The van der Waals surface area contributed by atoms with E-state index in [1.165, 1.54) is 21.1 Å². The molecule has 0 atom stereocenters. The number of hydrogen-bond donors (Lipinski definition) is 1. The van der Waals surface area contributed by atoms with E-state index in [0.717, 1.165) is 0 Å². The predicted octanol–water partition coefficient (Wildman–Crippen LogP) is -0.00400. The van der Waals surface area contributed by atoms with Crippen LogP contribution < -0.4 is 5.73 Å². The lowest BCUT2D eigenvalue weighted by atomic mass is 10.3. The van der Waals surface area contributed by atoms with Crippen LogP contribution in [-0.2, 0) is 14.3 Å². The summed E-state index contributed by atoms with van der Waals surface area (Å²) in [5.74, 6) is -0.383. The molecule has 0 aromatic carbocycles. The minimum atomic E-state index is -0.543. The van der Waals surface area contributed by atoms with E-state index >= 15 is 0 Å². The Labute approximate surface area is 59.6 Å². The van der Waals surface area contributed by atoms with Crippen LogP contribution in [0.5, 0.6) is 0 Å². The highest BCUT2D eigenvalue weighted by Gasteiger charge is 2.06. The molecule has 0 saturated heterocycles. The summed E-state index contributed by atoms with van der Waals surface area (Å²) < 4.78 is 9.36. The molecule has 0 rings (SSSR count). The van der Waals surface area contributed by atoms with Crippen molar-refractivity contribution in [3.63, 3.8) is 0 Å². The fraction of sp³-hybridized carbons (Fsp3) is 0.500. The highest BCUT2D eigenvalue weighted by molar-refractivity contribution is 5.91. The molecule has 0 saturated carbocycles. The minimum Gasteiger partial charge on any atom is -0.468 e. The Hall–Kier alpha value is -1.19. The van der Waals surface area contributed by atoms with Gasteiger partial charge in [-0.2, -0.15) is 0 Å². The van der Waals surface area contributed by atoms with E-state index in [2.05, 4.69) is 9.47 Å². The van der Waals surface area contributed by atoms with Crippen LogP contribution in [0.15, 0.2) is 11.5 Å². The summed E-state index contributed by atoms with van der Waals surface area (Å²) >= 11 is 0. The molecule has 0 heterocycles. The molecule has 0 aromatic heterocycles. The van der Waals surface area contributed by atoms with E-state index in [-0.39, 0.29) is 11.5 Å². The van der Waals surface area contributed by atoms with Gasteiger partial charge in [0.05, 0.1) is 19.8 Å². The van der Waals surface area contributed by atoms with Gasteiger partial charge in [-0.15, -0.1) is 0 Å². The standard InChI is InChI=1S/C6H11NO3/c1-4(5(7)8)6(9-2)10-3/h1-3H3,(H2,7,8). The molecule has 10 heavy (non-hydrogen) atoms. The summed E-state index contributed by atoms with van der Waals surface area (Å²) in [4.78, 5) is 10.5. The number of rotatable bonds is 3. The lowest BCUT2D eigenvalue weighted by molar-refractivity contribution is -0.115. The minimum absolute atomic E-state index is 0.160. The van der Waals surface area contributed by atoms with E-state index in [4.69, 9.17) is 5.73 Å². The van der Waals surface area contributed by atoms with Crippen LogP contribution in [0.25, 0.3) is 0 Å². The van der Waals surface area contributed by atoms with Crippen molar-refractivity contribution in [1.82, 2.24) is 0 Å². The lowest BCUT2D eigenvalue weighted by Crippen LogP contribution is -2.14. The molecule has 4 heteroatoms. The maximum atomic E-state index is 10.5. The first-order valence-corrected chi connectivity index (χ1v) is 2.72. The fourth-order valence-corrected chi connectivity index (χ4v) is 0.490. The average molecular weight is 145 g/mol. The van der Waals surface area contributed by atoms with Crippen LogP contribution in [0.2, 0.25) is 0 Å². The largest absolute Gasteiger partial charge is 0.468 e. The molecule has 0 radical (unpaired) electrons. The number of carbonyl (C=O) groups is 1. The molecule has 0 bridgehead atoms. The Morgan fingerprint density at radius 3 is 1.80 bits per heavy atom. The molecule has 2 N–H and O–H groups in total. The number of primary amides is 1. The third-order valence-corrected chi connectivity index (χ3v) is 1.05. The van der Waals surface area contributed by atoms with Gasteiger partial charge in [-0.1, -0.05) is 0 Å². The first kappa shape index (κ1) is 8.81. The quantitative estimate of drug-likeness (QED) is 0.449. The molecular weight excluding hydrogens is 134 g/mol. The van der Waals surface area contributed by atoms with E-state index in [1.807, 2.05) is 0 Å². The van der Waals surface area contributed by atoms with Gasteiger partial charge >= 0.3 is 0 Å². The number of hydrogen-bond acceptors (Lipinski definition) is 3. The second-order valence-electron chi connectivity index (χ2n) is 1.68. The Balaban J connectivity index is 4.43. The number of amides is 1. The zero-order chi connectivity index (χ0) is 8.15. The number of methoxy groups -OCH3 is 2. The van der Waals surface area contributed by atoms with Crippen LogP contribution in [0, 0.1) is 0 Å². The Kier molecular flexibility index (Phi) is 3.32. The number of nitrogens with two attached hydrogens (primary N) is 1. The molecule has 0 aliphatic rings. The third-order valence-electron chi connectivity index (χ3n) is 1.05. The second-order valence-corrected chi connectivity index (χ2v) is 1.68. The molecular formula is C6H11NO3. The van der Waals surface area contributed by atoms with Gasteiger partial charge in [-0.25, -0.2) is 0 Å². The van der Waals surface area contributed by atoms with Crippen molar-refractivity contribution in [2.45, 2.75) is 6.92 Å². The highest BCUT2D eigenvalue weighted by atomic mass is 16.7. The molecule has 4 nitrogen and oxygen atoms in total. The summed E-state index contributed by atoms with van der Waals surface area (Å²) in [7, 11) is 2.82. The van der Waals surface area contributed by atoms with Gasteiger partial charge in [0.15, 0.2) is 0 Å². The lowest BCUT2D eigenvalue weighted by Gasteiger charge is -2.05. The SMILES string of the molecule is COC(OC)=C(C)C(N)=O. The van der Waals surface area contributed by atoms with Crippen LogP contribution in [0.1, 0.15) is 6.92 Å². The third kappa shape index (κ3) is 1.97. The van der Waals surface area contributed by atoms with Crippen molar-refractivity contribution < 1.29 is 14.3 Å². The van der Waals surface area contributed by atoms with E-state index < -0.39 is 5.91 Å². The highest BCUT2D eigenvalue weighted by Crippen LogP contribution is 2.03. The van der Waals surface area contributed by atoms with Crippen molar-refractivity contribution in [2.75, 3.05) is 14.2 Å². The van der Waals surface area contributed by atoms with E-state index in [0.29, 0.717) is 0 Å². The van der Waals surface area contributed by atoms with Crippen molar-refractivity contribution in [2.24, 2.45) is 5.73 Å². The van der Waals surface area contributed by atoms with Crippen molar-refractivity contribution >= 4 is 5.91 Å². The second kappa shape index (κ2) is 3.76. The zero-order valence-electron chi connectivity index (χ0n) is 6.30. The van der Waals surface area contributed by atoms with Gasteiger partial charge in [0, 0.05) is 0 Å². The summed E-state index contributed by atoms with van der Waals surface area (Å²) in [5, 5.41) is 0. The van der Waals surface area contributed by atoms with Crippen molar-refractivity contribution in [3.05, 3.63) is 11.5 Å². The molecule has 0 aromatic rings. The summed E-state index contributed by atoms with van der Waals surface area (Å²) in [6.45, 7) is 1.53. The summed E-state index contributed by atoms with van der Waals surface area (Å²) in [6, 6.07) is 0. The monoisotopic (exact) mass is 145 g/mol. The average Bonchev–Trinajstić information content (AvgIpc) is 1.90. The van der Waals surface area contributed by atoms with Crippen LogP contribution in [0.4, 0.5) is 0 Å². The molecule has 0 aliphatic carbocycles. The topological polar surface area (TPSA) is 61.6 Å². The maximum absolute atomic E-state index is 10.5. The van der Waals surface area contributed by atoms with Crippen molar-refractivity contribution in [1.29, 1.82) is 0 Å². The van der Waals surface area contributed by atoms with Gasteiger partial charge < -0.3 is 15.2 Å². The summed E-state index contributed by atoms with van der Waals surface area (Å²) in [6.07, 6.45) is 0. The molecule has 0 fully saturated rings. The fourth-order valence-electron chi connectivity index (χ4n) is 0.490. The maximum Gasteiger partial charge on any atom is 0.287 e. The Bertz CT molecular complexity index is 156. The molecule has 1 amide bonds. The van der Waals surface area contributed by atoms with Crippen LogP contribution >= 0.6 is 0 Å². The van der Waals surface area contributed by atoms with Gasteiger partial charge in [0.2, 0.25) is 0 Å². The first-order valence-electron chi connectivity index (χ1n) is 2.72. The first-order chi connectivity index (χ1) is 4.63. The molecule has 58 valence electrons. The predicted molar refractivity (Wildman–Crippen MR) is 35.9 cm³/mol. The molecule has 0 unspecified atom stereocenters. The van der Waals surface area contributed by atoms with Gasteiger partial charge in [-0.3, -0.25) is 4.79 Å². The van der Waals surface area contributed by atoms with E-state index in [1.54, 1.807) is 0 Å². The van der Waals surface area contributed by atoms with E-state index in [9.17, 15) is 4.79 Å². The van der Waals surface area contributed by atoms with Crippen molar-refractivity contribution in [3.8, 4) is 0 Å². The van der Waals surface area contributed by atoms with Gasteiger partial charge in [0.25, 0.3) is 11.9 Å². The van der Waals surface area contributed by atoms with Gasteiger partial charge in [0.1, 0.15) is 0 Å². The smallest absolute Gasteiger partial charge is 0.287 e. The summed E-state index contributed by atoms with van der Waals surface area (Å²) in [5.41, 5.74) is 5.21. The Morgan fingerprint density at radius 2 is 1.70 bits per heavy atom. The van der Waals surface area contributed by atoms with Gasteiger partial charge in [-0.05, 0) is 6.92 Å². The van der Waals surface area contributed by atoms with Crippen LogP contribution in [0.3, 0.4) is 0 Å².